The normalized spacial score (nSPS) is 19.1. The van der Waals surface area contributed by atoms with Gasteiger partial charge in [-0.25, -0.2) is 13.6 Å². The van der Waals surface area contributed by atoms with Crippen LogP contribution in [0, 0.1) is 17.6 Å². The number of carbonyl (C=O) groups is 2. The minimum Gasteiger partial charge on any atom is -0.481 e. The van der Waals surface area contributed by atoms with Crippen LogP contribution in [0.4, 0.5) is 25.0 Å². The predicted molar refractivity (Wildman–Crippen MR) is 135 cm³/mol. The number of nitrogens with one attached hydrogen (secondary N) is 1. The van der Waals surface area contributed by atoms with Gasteiger partial charge in [-0.15, -0.1) is 0 Å². The number of aliphatic carboxylic acids is 1. The van der Waals surface area contributed by atoms with Gasteiger partial charge in [-0.1, -0.05) is 30.3 Å². The first kappa shape index (κ1) is 24.0. The maximum Gasteiger partial charge on any atom is 0.326 e. The average molecular weight is 491 g/mol. The summed E-state index contributed by atoms with van der Waals surface area (Å²) < 4.78 is 26.9. The highest BCUT2D eigenvalue weighted by atomic mass is 19.1. The molecule has 1 fully saturated rings. The Morgan fingerprint density at radius 3 is 2.22 bits per heavy atom. The number of benzene rings is 3. The van der Waals surface area contributed by atoms with Crippen molar-refractivity contribution in [3.8, 4) is 11.1 Å². The molecule has 5 rings (SSSR count). The molecule has 186 valence electrons. The smallest absolute Gasteiger partial charge is 0.326 e. The van der Waals surface area contributed by atoms with Gasteiger partial charge in [-0.3, -0.25) is 9.69 Å². The molecule has 3 aromatic rings. The molecular formula is C29H28F2N2O3. The Hall–Kier alpha value is -3.74. The number of carboxylic acid groups (broad SMARTS) is 1. The van der Waals surface area contributed by atoms with Gasteiger partial charge in [0.05, 0.1) is 0 Å². The molecule has 2 amide bonds. The number of urea groups is 1. The number of amides is 2. The number of halogens is 2. The number of nitrogens with zero attached hydrogens (tertiary/aromatic N) is 1. The number of fused-ring (bicyclic) bond motifs is 1. The highest BCUT2D eigenvalue weighted by molar-refractivity contribution is 6.03. The van der Waals surface area contributed by atoms with Gasteiger partial charge in [0, 0.05) is 30.4 Å². The van der Waals surface area contributed by atoms with Crippen LogP contribution in [-0.2, 0) is 11.2 Å². The van der Waals surface area contributed by atoms with E-state index in [4.69, 9.17) is 5.11 Å². The number of carbonyl (C=O) groups excluding carboxylic acids is 1. The van der Waals surface area contributed by atoms with E-state index in [1.165, 1.54) is 5.56 Å². The van der Waals surface area contributed by atoms with Crippen LogP contribution in [0.25, 0.3) is 11.1 Å². The first-order valence-corrected chi connectivity index (χ1v) is 12.4. The Morgan fingerprint density at radius 1 is 0.889 bits per heavy atom. The molecule has 0 unspecified atom stereocenters. The molecule has 1 aliphatic heterocycles. The molecule has 5 nitrogen and oxygen atoms in total. The molecule has 1 heterocycles. The second kappa shape index (κ2) is 10.1. The standard InChI is InChI=1S/C29H28F2N2O3/c30-24-15-25(31)17-26(16-24)32-29(36)33-12-11-23-14-22(9-10-27(23)33)21-7-5-20(6-8-21)19-3-1-18(2-4-19)13-28(34)35/h5-10,14-19H,1-4,11-13H2,(H,32,36)(H,34,35)/t18-,19-. The third-order valence-corrected chi connectivity index (χ3v) is 7.36. The topological polar surface area (TPSA) is 69.6 Å². The molecule has 0 bridgehead atoms. The van der Waals surface area contributed by atoms with Gasteiger partial charge in [-0.05, 0) is 90.5 Å². The lowest BCUT2D eigenvalue weighted by Crippen LogP contribution is -2.33. The van der Waals surface area contributed by atoms with Crippen LogP contribution >= 0.6 is 0 Å². The zero-order valence-corrected chi connectivity index (χ0v) is 19.8. The maximum atomic E-state index is 13.5. The van der Waals surface area contributed by atoms with Crippen molar-refractivity contribution < 1.29 is 23.5 Å². The Balaban J connectivity index is 1.25. The summed E-state index contributed by atoms with van der Waals surface area (Å²) in [6.07, 6.45) is 4.94. The monoisotopic (exact) mass is 490 g/mol. The van der Waals surface area contributed by atoms with Gasteiger partial charge >= 0.3 is 12.0 Å². The van der Waals surface area contributed by atoms with Gasteiger partial charge in [0.2, 0.25) is 0 Å². The lowest BCUT2D eigenvalue weighted by Gasteiger charge is -2.28. The highest BCUT2D eigenvalue weighted by Gasteiger charge is 2.26. The third kappa shape index (κ3) is 5.25. The molecule has 36 heavy (non-hydrogen) atoms. The van der Waals surface area contributed by atoms with E-state index < -0.39 is 23.6 Å². The second-order valence-corrected chi connectivity index (χ2v) is 9.77. The molecule has 0 saturated heterocycles. The molecule has 1 aliphatic carbocycles. The van der Waals surface area contributed by atoms with Gasteiger partial charge in [-0.2, -0.15) is 0 Å². The van der Waals surface area contributed by atoms with Crippen LogP contribution in [0.5, 0.6) is 0 Å². The number of carboxylic acids is 1. The number of rotatable bonds is 5. The molecule has 3 aromatic carbocycles. The van der Waals surface area contributed by atoms with Crippen molar-refractivity contribution in [3.63, 3.8) is 0 Å². The number of hydrogen-bond acceptors (Lipinski definition) is 2. The quantitative estimate of drug-likeness (QED) is 0.406. The van der Waals surface area contributed by atoms with Gasteiger partial charge < -0.3 is 10.4 Å². The van der Waals surface area contributed by atoms with Gasteiger partial charge in [0.15, 0.2) is 0 Å². The Kier molecular flexibility index (Phi) is 6.72. The van der Waals surface area contributed by atoms with E-state index in [0.29, 0.717) is 24.8 Å². The van der Waals surface area contributed by atoms with Crippen LogP contribution in [0.1, 0.15) is 49.1 Å². The van der Waals surface area contributed by atoms with E-state index in [9.17, 15) is 18.4 Å². The second-order valence-electron chi connectivity index (χ2n) is 9.77. The fourth-order valence-electron chi connectivity index (χ4n) is 5.50. The summed E-state index contributed by atoms with van der Waals surface area (Å²) in [5.74, 6) is -1.42. The summed E-state index contributed by atoms with van der Waals surface area (Å²) >= 11 is 0. The zero-order chi connectivity index (χ0) is 25.2. The Morgan fingerprint density at radius 2 is 1.56 bits per heavy atom. The van der Waals surface area contributed by atoms with Gasteiger partial charge in [0.25, 0.3) is 0 Å². The fourth-order valence-corrected chi connectivity index (χ4v) is 5.50. The van der Waals surface area contributed by atoms with Gasteiger partial charge in [0.1, 0.15) is 11.6 Å². The molecule has 7 heteroatoms. The fraction of sp³-hybridized carbons (Fsp3) is 0.310. The van der Waals surface area contributed by atoms with Crippen molar-refractivity contribution >= 4 is 23.4 Å². The molecule has 2 N–H and O–H groups in total. The zero-order valence-electron chi connectivity index (χ0n) is 19.8. The Bertz CT molecular complexity index is 1260. The summed E-state index contributed by atoms with van der Waals surface area (Å²) in [5, 5.41) is 11.6. The predicted octanol–water partition coefficient (Wildman–Crippen LogP) is 6.97. The summed E-state index contributed by atoms with van der Waals surface area (Å²) in [5.41, 5.74) is 5.39. The summed E-state index contributed by atoms with van der Waals surface area (Å²) in [6.45, 7) is 0.492. The van der Waals surface area contributed by atoms with Crippen molar-refractivity contribution in [2.45, 2.75) is 44.4 Å². The van der Waals surface area contributed by atoms with Crippen LogP contribution in [-0.4, -0.2) is 23.7 Å². The molecule has 0 atom stereocenters. The summed E-state index contributed by atoms with van der Waals surface area (Å²) in [4.78, 5) is 25.3. The largest absolute Gasteiger partial charge is 0.481 e. The molecule has 0 radical (unpaired) electrons. The van der Waals surface area contributed by atoms with E-state index in [0.717, 1.165) is 66.3 Å². The van der Waals surface area contributed by atoms with Crippen molar-refractivity contribution in [3.05, 3.63) is 83.4 Å². The molecule has 0 aromatic heterocycles. The van der Waals surface area contributed by atoms with Crippen LogP contribution < -0.4 is 10.2 Å². The molecule has 0 spiro atoms. The first-order chi connectivity index (χ1) is 17.4. The SMILES string of the molecule is O=C(O)C[C@H]1CC[C@H](c2ccc(-c3ccc4c(c3)CCN4C(=O)Nc3cc(F)cc(F)c3)cc2)CC1. The number of hydrogen-bond donors (Lipinski definition) is 2. The summed E-state index contributed by atoms with van der Waals surface area (Å²) in [6, 6.07) is 17.1. The van der Waals surface area contributed by atoms with Crippen molar-refractivity contribution in [2.24, 2.45) is 5.92 Å². The van der Waals surface area contributed by atoms with Crippen molar-refractivity contribution in [2.75, 3.05) is 16.8 Å². The summed E-state index contributed by atoms with van der Waals surface area (Å²) in [7, 11) is 0. The van der Waals surface area contributed by atoms with Crippen molar-refractivity contribution in [1.29, 1.82) is 0 Å². The van der Waals surface area contributed by atoms with Crippen LogP contribution in [0.2, 0.25) is 0 Å². The van der Waals surface area contributed by atoms with E-state index in [-0.39, 0.29) is 12.1 Å². The Labute approximate surface area is 208 Å². The third-order valence-electron chi connectivity index (χ3n) is 7.36. The van der Waals surface area contributed by atoms with E-state index in [2.05, 4.69) is 35.6 Å². The molecule has 2 aliphatic rings. The minimum atomic E-state index is -0.742. The average Bonchev–Trinajstić information content (AvgIpc) is 3.27. The maximum absolute atomic E-state index is 13.5. The minimum absolute atomic E-state index is 0.0815. The van der Waals surface area contributed by atoms with Crippen LogP contribution in [0.3, 0.4) is 0 Å². The molecule has 1 saturated carbocycles. The van der Waals surface area contributed by atoms with Crippen LogP contribution in [0.15, 0.2) is 60.7 Å². The highest BCUT2D eigenvalue weighted by Crippen LogP contribution is 2.38. The van der Waals surface area contributed by atoms with E-state index in [1.807, 2.05) is 12.1 Å². The van der Waals surface area contributed by atoms with Crippen molar-refractivity contribution in [1.82, 2.24) is 0 Å². The van der Waals surface area contributed by atoms with E-state index in [1.54, 1.807) is 4.90 Å². The molecular weight excluding hydrogens is 462 g/mol. The van der Waals surface area contributed by atoms with E-state index >= 15 is 0 Å². The lowest BCUT2D eigenvalue weighted by molar-refractivity contribution is -0.138. The first-order valence-electron chi connectivity index (χ1n) is 12.4. The number of anilines is 2. The lowest BCUT2D eigenvalue weighted by atomic mass is 9.77.